The Balaban J connectivity index is 2.02. The molecule has 17 heavy (non-hydrogen) atoms. The zero-order valence-corrected chi connectivity index (χ0v) is 11.7. The van der Waals surface area contributed by atoms with E-state index < -0.39 is 0 Å². The van der Waals surface area contributed by atoms with Gasteiger partial charge in [0.1, 0.15) is 0 Å². The first-order valence-electron chi connectivity index (χ1n) is 7.06. The lowest BCUT2D eigenvalue weighted by Crippen LogP contribution is -2.56. The van der Waals surface area contributed by atoms with Crippen molar-refractivity contribution in [3.8, 4) is 0 Å². The van der Waals surface area contributed by atoms with Gasteiger partial charge in [0.15, 0.2) is 0 Å². The van der Waals surface area contributed by atoms with E-state index in [4.69, 9.17) is 10.5 Å². The minimum Gasteiger partial charge on any atom is -0.375 e. The molecule has 1 aliphatic carbocycles. The monoisotopic (exact) mass is 240 g/mol. The summed E-state index contributed by atoms with van der Waals surface area (Å²) in [5.74, 6) is 0. The van der Waals surface area contributed by atoms with Crippen molar-refractivity contribution in [2.45, 2.75) is 69.6 Å². The Morgan fingerprint density at radius 2 is 2.00 bits per heavy atom. The zero-order valence-electron chi connectivity index (χ0n) is 11.7. The van der Waals surface area contributed by atoms with Crippen LogP contribution < -0.4 is 5.73 Å². The molecule has 0 aromatic heterocycles. The van der Waals surface area contributed by atoms with Crippen molar-refractivity contribution in [2.75, 3.05) is 20.2 Å². The average Bonchev–Trinajstić information content (AvgIpc) is 2.76. The van der Waals surface area contributed by atoms with E-state index in [0.29, 0.717) is 12.6 Å². The summed E-state index contributed by atoms with van der Waals surface area (Å²) < 4.78 is 6.10. The zero-order chi connectivity index (χ0) is 12.5. The Labute approximate surface area is 106 Å². The molecular weight excluding hydrogens is 212 g/mol. The number of hydrogen-bond donors (Lipinski definition) is 1. The van der Waals surface area contributed by atoms with Gasteiger partial charge in [-0.05, 0) is 46.6 Å². The van der Waals surface area contributed by atoms with E-state index in [0.717, 1.165) is 13.0 Å². The van der Waals surface area contributed by atoms with Crippen LogP contribution in [0.25, 0.3) is 0 Å². The Morgan fingerprint density at radius 3 is 2.59 bits per heavy atom. The van der Waals surface area contributed by atoms with Crippen molar-refractivity contribution in [1.29, 1.82) is 0 Å². The fraction of sp³-hybridized carbons (Fsp3) is 1.00. The first-order valence-corrected chi connectivity index (χ1v) is 7.06. The first-order chi connectivity index (χ1) is 7.99. The van der Waals surface area contributed by atoms with Gasteiger partial charge in [-0.1, -0.05) is 12.8 Å². The number of nitrogens with two attached hydrogens (primary N) is 1. The third-order valence-corrected chi connectivity index (χ3v) is 4.98. The van der Waals surface area contributed by atoms with Crippen LogP contribution in [0.15, 0.2) is 0 Å². The number of hydrogen-bond acceptors (Lipinski definition) is 3. The summed E-state index contributed by atoms with van der Waals surface area (Å²) >= 11 is 0. The third-order valence-electron chi connectivity index (χ3n) is 4.98. The smallest absolute Gasteiger partial charge is 0.0697 e. The summed E-state index contributed by atoms with van der Waals surface area (Å²) in [5, 5.41) is 0. The Kier molecular flexibility index (Phi) is 3.81. The van der Waals surface area contributed by atoms with Crippen LogP contribution in [0.3, 0.4) is 0 Å². The van der Waals surface area contributed by atoms with Gasteiger partial charge >= 0.3 is 0 Å². The molecule has 1 aliphatic heterocycles. The highest BCUT2D eigenvalue weighted by atomic mass is 16.5. The molecule has 2 aliphatic rings. The van der Waals surface area contributed by atoms with Gasteiger partial charge in [-0.3, -0.25) is 4.90 Å². The van der Waals surface area contributed by atoms with Crippen molar-refractivity contribution in [2.24, 2.45) is 5.73 Å². The Hall–Kier alpha value is -0.120. The number of likely N-dealkylation sites (N-methyl/N-ethyl adjacent to an activating group) is 1. The maximum absolute atomic E-state index is 6.10. The Bertz CT molecular complexity index is 259. The van der Waals surface area contributed by atoms with E-state index in [1.807, 2.05) is 0 Å². The summed E-state index contributed by atoms with van der Waals surface area (Å²) in [7, 11) is 2.23. The molecular formula is C14H28N2O. The van der Waals surface area contributed by atoms with Crippen LogP contribution >= 0.6 is 0 Å². The maximum atomic E-state index is 6.10. The van der Waals surface area contributed by atoms with E-state index in [1.165, 1.54) is 32.1 Å². The number of ether oxygens (including phenoxy) is 1. The molecule has 1 saturated heterocycles. The van der Waals surface area contributed by atoms with Crippen LogP contribution in [-0.2, 0) is 4.74 Å². The third kappa shape index (κ3) is 2.67. The number of rotatable bonds is 3. The van der Waals surface area contributed by atoms with Crippen molar-refractivity contribution in [3.05, 3.63) is 0 Å². The summed E-state index contributed by atoms with van der Waals surface area (Å²) in [5.41, 5.74) is 6.20. The highest BCUT2D eigenvalue weighted by molar-refractivity contribution is 4.96. The van der Waals surface area contributed by atoms with Crippen molar-refractivity contribution in [1.82, 2.24) is 4.90 Å². The van der Waals surface area contributed by atoms with E-state index in [2.05, 4.69) is 25.8 Å². The van der Waals surface area contributed by atoms with Gasteiger partial charge in [0, 0.05) is 24.7 Å². The summed E-state index contributed by atoms with van der Waals surface area (Å²) in [6, 6.07) is 0.639. The van der Waals surface area contributed by atoms with Crippen molar-refractivity contribution >= 4 is 0 Å². The van der Waals surface area contributed by atoms with Crippen LogP contribution in [0.1, 0.15) is 52.4 Å². The van der Waals surface area contributed by atoms with Gasteiger partial charge in [-0.25, -0.2) is 0 Å². The molecule has 0 bridgehead atoms. The number of nitrogens with zero attached hydrogens (tertiary/aromatic N) is 1. The topological polar surface area (TPSA) is 38.5 Å². The van der Waals surface area contributed by atoms with E-state index in [9.17, 15) is 0 Å². The average molecular weight is 240 g/mol. The van der Waals surface area contributed by atoms with Crippen molar-refractivity contribution < 1.29 is 4.74 Å². The predicted octanol–water partition coefficient (Wildman–Crippen LogP) is 2.15. The fourth-order valence-corrected chi connectivity index (χ4v) is 3.34. The SMILES string of the molecule is CN(C1CCOC2(CCCC2)C1)C(C)(C)CN. The molecule has 0 radical (unpaired) electrons. The van der Waals surface area contributed by atoms with Gasteiger partial charge in [0.25, 0.3) is 0 Å². The van der Waals surface area contributed by atoms with E-state index in [1.54, 1.807) is 0 Å². The fourth-order valence-electron chi connectivity index (χ4n) is 3.34. The first kappa shape index (κ1) is 13.3. The molecule has 3 nitrogen and oxygen atoms in total. The standard InChI is InChI=1S/C14H28N2O/c1-13(2,11-15)16(3)12-6-9-17-14(10-12)7-4-5-8-14/h12H,4-11,15H2,1-3H3. The van der Waals surface area contributed by atoms with Crippen LogP contribution in [0.2, 0.25) is 0 Å². The van der Waals surface area contributed by atoms with Gasteiger partial charge < -0.3 is 10.5 Å². The molecule has 2 rings (SSSR count). The minimum atomic E-state index is 0.0990. The molecule has 1 spiro atoms. The quantitative estimate of drug-likeness (QED) is 0.821. The lowest BCUT2D eigenvalue weighted by atomic mass is 9.86. The van der Waals surface area contributed by atoms with Gasteiger partial charge in [-0.15, -0.1) is 0 Å². The highest BCUT2D eigenvalue weighted by Gasteiger charge is 2.42. The van der Waals surface area contributed by atoms with Gasteiger partial charge in [0.05, 0.1) is 5.60 Å². The summed E-state index contributed by atoms with van der Waals surface area (Å²) in [6.07, 6.45) is 7.57. The van der Waals surface area contributed by atoms with Crippen molar-refractivity contribution in [3.63, 3.8) is 0 Å². The lowest BCUT2D eigenvalue weighted by Gasteiger charge is -2.47. The maximum Gasteiger partial charge on any atom is 0.0697 e. The van der Waals surface area contributed by atoms with Gasteiger partial charge in [0.2, 0.25) is 0 Å². The molecule has 3 heteroatoms. The summed E-state index contributed by atoms with van der Waals surface area (Å²) in [6.45, 7) is 6.12. The molecule has 0 amide bonds. The van der Waals surface area contributed by atoms with E-state index >= 15 is 0 Å². The van der Waals surface area contributed by atoms with Crippen LogP contribution in [0.4, 0.5) is 0 Å². The largest absolute Gasteiger partial charge is 0.375 e. The molecule has 1 heterocycles. The molecule has 0 aromatic carbocycles. The molecule has 0 aromatic rings. The molecule has 100 valence electrons. The summed E-state index contributed by atoms with van der Waals surface area (Å²) in [4.78, 5) is 2.48. The van der Waals surface area contributed by atoms with Crippen LogP contribution in [-0.4, -0.2) is 42.3 Å². The second kappa shape index (κ2) is 4.87. The minimum absolute atomic E-state index is 0.0990. The lowest BCUT2D eigenvalue weighted by molar-refractivity contribution is -0.108. The second-order valence-electron chi connectivity index (χ2n) is 6.51. The molecule has 2 fully saturated rings. The normalized spacial score (nSPS) is 29.1. The Morgan fingerprint density at radius 1 is 1.35 bits per heavy atom. The second-order valence-corrected chi connectivity index (χ2v) is 6.51. The highest BCUT2D eigenvalue weighted by Crippen LogP contribution is 2.41. The van der Waals surface area contributed by atoms with Crippen LogP contribution in [0, 0.1) is 0 Å². The predicted molar refractivity (Wildman–Crippen MR) is 71.1 cm³/mol. The molecule has 2 N–H and O–H groups in total. The van der Waals surface area contributed by atoms with E-state index in [-0.39, 0.29) is 11.1 Å². The van der Waals surface area contributed by atoms with Crippen LogP contribution in [0.5, 0.6) is 0 Å². The van der Waals surface area contributed by atoms with Gasteiger partial charge in [-0.2, -0.15) is 0 Å². The molecule has 1 saturated carbocycles. The molecule has 1 atom stereocenters. The molecule has 1 unspecified atom stereocenters.